The van der Waals surface area contributed by atoms with E-state index < -0.39 is 0 Å². The Balaban J connectivity index is 1.45. The largest absolute Gasteiger partial charge is 0.483 e. The molecule has 2 aromatic carbocycles. The van der Waals surface area contributed by atoms with E-state index in [-0.39, 0.29) is 18.4 Å². The van der Waals surface area contributed by atoms with Crippen LogP contribution in [-0.4, -0.2) is 60.9 Å². The fourth-order valence-electron chi connectivity index (χ4n) is 4.12. The average Bonchev–Trinajstić information content (AvgIpc) is 2.73. The number of ether oxygens (including phenoxy) is 1. The number of aryl methyl sites for hydroxylation is 4. The molecule has 0 bridgehead atoms. The number of hydrogen-bond donors (Lipinski definition) is 1. The SMILES string of the molecule is CCc1ccccc1NC(=O)CN1CCN(C(=O)COc2c(C)cc(C)cc2C)CC1. The van der Waals surface area contributed by atoms with Crippen LogP contribution in [0.2, 0.25) is 0 Å². The van der Waals surface area contributed by atoms with Crippen molar-refractivity contribution in [1.82, 2.24) is 9.80 Å². The Kier molecular flexibility index (Phi) is 7.69. The normalized spacial score (nSPS) is 14.4. The first-order valence-electron chi connectivity index (χ1n) is 11.0. The number of nitrogens with one attached hydrogen (secondary N) is 1. The first kappa shape index (κ1) is 22.8. The van der Waals surface area contributed by atoms with Gasteiger partial charge in [-0.3, -0.25) is 14.5 Å². The van der Waals surface area contributed by atoms with E-state index in [1.165, 1.54) is 5.56 Å². The van der Waals surface area contributed by atoms with E-state index in [1.807, 2.05) is 43.0 Å². The summed E-state index contributed by atoms with van der Waals surface area (Å²) in [7, 11) is 0. The van der Waals surface area contributed by atoms with Gasteiger partial charge >= 0.3 is 0 Å². The summed E-state index contributed by atoms with van der Waals surface area (Å²) in [6.07, 6.45) is 0.876. The molecule has 2 amide bonds. The van der Waals surface area contributed by atoms with Crippen molar-refractivity contribution in [1.29, 1.82) is 0 Å². The van der Waals surface area contributed by atoms with Gasteiger partial charge in [0, 0.05) is 31.9 Å². The van der Waals surface area contributed by atoms with E-state index in [9.17, 15) is 9.59 Å². The Hall–Kier alpha value is -2.86. The topological polar surface area (TPSA) is 61.9 Å². The maximum atomic E-state index is 12.6. The summed E-state index contributed by atoms with van der Waals surface area (Å²) in [6, 6.07) is 12.0. The minimum Gasteiger partial charge on any atom is -0.483 e. The molecule has 1 N–H and O–H groups in total. The predicted molar refractivity (Wildman–Crippen MR) is 124 cm³/mol. The van der Waals surface area contributed by atoms with Gasteiger partial charge in [0.1, 0.15) is 5.75 Å². The summed E-state index contributed by atoms with van der Waals surface area (Å²) in [6.45, 7) is 11.1. The summed E-state index contributed by atoms with van der Waals surface area (Å²) in [5.41, 5.74) is 5.29. The third-order valence-electron chi connectivity index (χ3n) is 5.71. The molecule has 0 aromatic heterocycles. The monoisotopic (exact) mass is 423 g/mol. The Morgan fingerprint density at radius 1 is 1.00 bits per heavy atom. The van der Waals surface area contributed by atoms with Crippen molar-refractivity contribution in [2.24, 2.45) is 0 Å². The van der Waals surface area contributed by atoms with E-state index in [2.05, 4.69) is 36.2 Å². The first-order valence-corrected chi connectivity index (χ1v) is 11.0. The second-order valence-electron chi connectivity index (χ2n) is 8.23. The molecule has 0 radical (unpaired) electrons. The van der Waals surface area contributed by atoms with Crippen molar-refractivity contribution in [3.8, 4) is 5.75 Å². The highest BCUT2D eigenvalue weighted by atomic mass is 16.5. The van der Waals surface area contributed by atoms with Crippen LogP contribution < -0.4 is 10.1 Å². The average molecular weight is 424 g/mol. The third-order valence-corrected chi connectivity index (χ3v) is 5.71. The van der Waals surface area contributed by atoms with Crippen LogP contribution in [0, 0.1) is 20.8 Å². The standard InChI is InChI=1S/C25H33N3O3/c1-5-21-8-6-7-9-22(21)26-23(29)16-27-10-12-28(13-11-27)24(30)17-31-25-19(3)14-18(2)15-20(25)4/h6-9,14-15H,5,10-13,16-17H2,1-4H3,(H,26,29). The molecular formula is C25H33N3O3. The number of piperazine rings is 1. The van der Waals surface area contributed by atoms with Gasteiger partial charge in [-0.05, 0) is 49.9 Å². The van der Waals surface area contributed by atoms with Gasteiger partial charge in [-0.2, -0.15) is 0 Å². The number of carbonyl (C=O) groups excluding carboxylic acids is 2. The Labute approximate surface area is 185 Å². The second-order valence-corrected chi connectivity index (χ2v) is 8.23. The molecule has 1 fully saturated rings. The third kappa shape index (κ3) is 6.07. The highest BCUT2D eigenvalue weighted by Gasteiger charge is 2.23. The molecule has 3 rings (SSSR count). The molecule has 6 nitrogen and oxygen atoms in total. The summed E-state index contributed by atoms with van der Waals surface area (Å²) in [5.74, 6) is 0.760. The molecule has 1 heterocycles. The van der Waals surface area contributed by atoms with Gasteiger partial charge in [0.15, 0.2) is 6.61 Å². The molecule has 0 spiro atoms. The molecule has 6 heteroatoms. The number of nitrogens with zero attached hydrogens (tertiary/aromatic N) is 2. The van der Waals surface area contributed by atoms with Gasteiger partial charge in [0.25, 0.3) is 5.91 Å². The van der Waals surface area contributed by atoms with Crippen LogP contribution in [0.5, 0.6) is 5.75 Å². The first-order chi connectivity index (χ1) is 14.9. The number of carbonyl (C=O) groups is 2. The van der Waals surface area contributed by atoms with Gasteiger partial charge in [0.2, 0.25) is 5.91 Å². The highest BCUT2D eigenvalue weighted by molar-refractivity contribution is 5.93. The van der Waals surface area contributed by atoms with Crippen molar-refractivity contribution < 1.29 is 14.3 Å². The molecule has 2 aromatic rings. The molecule has 31 heavy (non-hydrogen) atoms. The highest BCUT2D eigenvalue weighted by Crippen LogP contribution is 2.24. The maximum Gasteiger partial charge on any atom is 0.260 e. The molecule has 0 aliphatic carbocycles. The summed E-state index contributed by atoms with van der Waals surface area (Å²) >= 11 is 0. The van der Waals surface area contributed by atoms with Gasteiger partial charge in [0.05, 0.1) is 6.54 Å². The Morgan fingerprint density at radius 2 is 1.65 bits per heavy atom. The number of anilines is 1. The fraction of sp³-hybridized carbons (Fsp3) is 0.440. The fourth-order valence-corrected chi connectivity index (χ4v) is 4.12. The zero-order valence-electron chi connectivity index (χ0n) is 19.0. The predicted octanol–water partition coefficient (Wildman–Crippen LogP) is 3.34. The van der Waals surface area contributed by atoms with Crippen molar-refractivity contribution in [3.05, 3.63) is 58.7 Å². The number of amides is 2. The van der Waals surface area contributed by atoms with Crippen molar-refractivity contribution in [2.75, 3.05) is 44.6 Å². The van der Waals surface area contributed by atoms with Crippen LogP contribution in [0.1, 0.15) is 29.2 Å². The summed E-state index contributed by atoms with van der Waals surface area (Å²) in [5, 5.41) is 3.01. The van der Waals surface area contributed by atoms with Crippen LogP contribution in [0.15, 0.2) is 36.4 Å². The quantitative estimate of drug-likeness (QED) is 0.742. The molecule has 1 saturated heterocycles. The molecule has 1 aliphatic rings. The van der Waals surface area contributed by atoms with Gasteiger partial charge < -0.3 is 15.0 Å². The number of para-hydroxylation sites is 1. The van der Waals surface area contributed by atoms with Crippen molar-refractivity contribution >= 4 is 17.5 Å². The van der Waals surface area contributed by atoms with Crippen LogP contribution in [0.3, 0.4) is 0 Å². The lowest BCUT2D eigenvalue weighted by Gasteiger charge is -2.34. The minimum atomic E-state index is -0.0191. The Morgan fingerprint density at radius 3 is 2.29 bits per heavy atom. The number of rotatable bonds is 7. The zero-order valence-corrected chi connectivity index (χ0v) is 19.0. The molecule has 1 aliphatic heterocycles. The smallest absolute Gasteiger partial charge is 0.260 e. The van der Waals surface area contributed by atoms with E-state index in [4.69, 9.17) is 4.74 Å². The molecular weight excluding hydrogens is 390 g/mol. The van der Waals surface area contributed by atoms with Crippen molar-refractivity contribution in [2.45, 2.75) is 34.1 Å². The molecule has 166 valence electrons. The summed E-state index contributed by atoms with van der Waals surface area (Å²) in [4.78, 5) is 29.0. The van der Waals surface area contributed by atoms with Gasteiger partial charge in [-0.25, -0.2) is 0 Å². The molecule has 0 atom stereocenters. The van der Waals surface area contributed by atoms with Crippen LogP contribution in [0.4, 0.5) is 5.69 Å². The lowest BCUT2D eigenvalue weighted by Crippen LogP contribution is -2.51. The van der Waals surface area contributed by atoms with E-state index >= 15 is 0 Å². The zero-order chi connectivity index (χ0) is 22.4. The lowest BCUT2D eigenvalue weighted by molar-refractivity contribution is -0.135. The van der Waals surface area contributed by atoms with Gasteiger partial charge in [-0.1, -0.05) is 42.8 Å². The van der Waals surface area contributed by atoms with Crippen LogP contribution in [-0.2, 0) is 16.0 Å². The van der Waals surface area contributed by atoms with Crippen LogP contribution in [0.25, 0.3) is 0 Å². The minimum absolute atomic E-state index is 0.0136. The van der Waals surface area contributed by atoms with Crippen LogP contribution >= 0.6 is 0 Å². The van der Waals surface area contributed by atoms with Crippen molar-refractivity contribution in [3.63, 3.8) is 0 Å². The van der Waals surface area contributed by atoms with E-state index in [1.54, 1.807) is 0 Å². The van der Waals surface area contributed by atoms with Gasteiger partial charge in [-0.15, -0.1) is 0 Å². The summed E-state index contributed by atoms with van der Waals surface area (Å²) < 4.78 is 5.85. The molecule has 0 unspecified atom stereocenters. The van der Waals surface area contributed by atoms with E-state index in [0.29, 0.717) is 32.7 Å². The second kappa shape index (κ2) is 10.4. The lowest BCUT2D eigenvalue weighted by atomic mass is 10.1. The maximum absolute atomic E-state index is 12.6. The van der Waals surface area contributed by atoms with E-state index in [0.717, 1.165) is 34.5 Å². The number of benzene rings is 2. The molecule has 0 saturated carbocycles. The number of hydrogen-bond acceptors (Lipinski definition) is 4. The Bertz CT molecular complexity index is 910.